The van der Waals surface area contributed by atoms with Crippen molar-refractivity contribution in [3.8, 4) is 0 Å². The SMILES string of the molecule is O=C(CN1CCC(O)CC1)NC1(c2ccccc2)CCC1. The van der Waals surface area contributed by atoms with Gasteiger partial charge in [0.05, 0.1) is 18.2 Å². The van der Waals surface area contributed by atoms with Crippen LogP contribution in [0.1, 0.15) is 37.7 Å². The van der Waals surface area contributed by atoms with Crippen molar-refractivity contribution in [1.82, 2.24) is 10.2 Å². The molecule has 0 spiro atoms. The molecule has 1 aromatic carbocycles. The Kier molecular flexibility index (Phi) is 4.27. The lowest BCUT2D eigenvalue weighted by molar-refractivity contribution is -0.126. The topological polar surface area (TPSA) is 52.6 Å². The highest BCUT2D eigenvalue weighted by Crippen LogP contribution is 2.41. The van der Waals surface area contributed by atoms with Crippen molar-refractivity contribution in [1.29, 1.82) is 0 Å². The van der Waals surface area contributed by atoms with Gasteiger partial charge in [-0.1, -0.05) is 30.3 Å². The molecule has 2 fully saturated rings. The highest BCUT2D eigenvalue weighted by molar-refractivity contribution is 5.79. The molecule has 1 heterocycles. The van der Waals surface area contributed by atoms with Gasteiger partial charge in [0.1, 0.15) is 0 Å². The molecule has 1 aliphatic heterocycles. The van der Waals surface area contributed by atoms with Crippen LogP contribution in [0.15, 0.2) is 30.3 Å². The van der Waals surface area contributed by atoms with Gasteiger partial charge < -0.3 is 10.4 Å². The van der Waals surface area contributed by atoms with E-state index in [1.54, 1.807) is 0 Å². The summed E-state index contributed by atoms with van der Waals surface area (Å²) in [4.78, 5) is 14.5. The predicted octanol–water partition coefficient (Wildman–Crippen LogP) is 1.64. The molecule has 2 aliphatic rings. The fraction of sp³-hybridized carbons (Fsp3) is 0.588. The van der Waals surface area contributed by atoms with Gasteiger partial charge in [0.25, 0.3) is 0 Å². The summed E-state index contributed by atoms with van der Waals surface area (Å²) in [5.74, 6) is 0.106. The average molecular weight is 288 g/mol. The molecule has 4 heteroatoms. The van der Waals surface area contributed by atoms with E-state index < -0.39 is 0 Å². The summed E-state index contributed by atoms with van der Waals surface area (Å²) in [6.07, 6.45) is 4.59. The molecule has 0 aromatic heterocycles. The lowest BCUT2D eigenvalue weighted by atomic mass is 9.72. The average Bonchev–Trinajstić information content (AvgIpc) is 2.46. The summed E-state index contributed by atoms with van der Waals surface area (Å²) in [5.41, 5.74) is 1.08. The number of benzene rings is 1. The third-order valence-corrected chi connectivity index (χ3v) is 4.84. The van der Waals surface area contributed by atoms with Crippen molar-refractivity contribution in [2.24, 2.45) is 0 Å². The molecule has 1 saturated heterocycles. The number of aliphatic hydroxyl groups excluding tert-OH is 1. The van der Waals surface area contributed by atoms with E-state index in [2.05, 4.69) is 22.3 Å². The van der Waals surface area contributed by atoms with Crippen LogP contribution in [0.3, 0.4) is 0 Å². The minimum atomic E-state index is -0.188. The van der Waals surface area contributed by atoms with E-state index >= 15 is 0 Å². The highest BCUT2D eigenvalue weighted by Gasteiger charge is 2.40. The van der Waals surface area contributed by atoms with Gasteiger partial charge in [0.15, 0.2) is 0 Å². The van der Waals surface area contributed by atoms with Crippen LogP contribution >= 0.6 is 0 Å². The normalized spacial score (nSPS) is 22.5. The number of carbonyl (C=O) groups excluding carboxylic acids is 1. The number of piperidine rings is 1. The maximum Gasteiger partial charge on any atom is 0.234 e. The number of aliphatic hydroxyl groups is 1. The summed E-state index contributed by atoms with van der Waals surface area (Å²) >= 11 is 0. The summed E-state index contributed by atoms with van der Waals surface area (Å²) in [6, 6.07) is 10.3. The Balaban J connectivity index is 1.58. The first-order valence-electron chi connectivity index (χ1n) is 7.95. The zero-order chi connectivity index (χ0) is 14.7. The van der Waals surface area contributed by atoms with Gasteiger partial charge in [-0.2, -0.15) is 0 Å². The summed E-state index contributed by atoms with van der Waals surface area (Å²) in [5, 5.41) is 12.8. The summed E-state index contributed by atoms with van der Waals surface area (Å²) < 4.78 is 0. The van der Waals surface area contributed by atoms with Crippen LogP contribution in [0.5, 0.6) is 0 Å². The Labute approximate surface area is 126 Å². The maximum absolute atomic E-state index is 12.4. The number of carbonyl (C=O) groups is 1. The van der Waals surface area contributed by atoms with Gasteiger partial charge >= 0.3 is 0 Å². The Morgan fingerprint density at radius 3 is 2.48 bits per heavy atom. The molecule has 4 nitrogen and oxygen atoms in total. The van der Waals surface area contributed by atoms with Crippen LogP contribution in [0.4, 0.5) is 0 Å². The molecule has 0 atom stereocenters. The van der Waals surface area contributed by atoms with Gasteiger partial charge in [-0.05, 0) is 37.7 Å². The van der Waals surface area contributed by atoms with Crippen molar-refractivity contribution in [3.63, 3.8) is 0 Å². The molecule has 1 saturated carbocycles. The van der Waals surface area contributed by atoms with Crippen molar-refractivity contribution in [2.75, 3.05) is 19.6 Å². The predicted molar refractivity (Wildman–Crippen MR) is 81.8 cm³/mol. The lowest BCUT2D eigenvalue weighted by Gasteiger charge is -2.43. The zero-order valence-electron chi connectivity index (χ0n) is 12.4. The van der Waals surface area contributed by atoms with Gasteiger partial charge in [0.2, 0.25) is 5.91 Å². The van der Waals surface area contributed by atoms with Crippen molar-refractivity contribution >= 4 is 5.91 Å². The quantitative estimate of drug-likeness (QED) is 0.885. The minimum absolute atomic E-state index is 0.106. The van der Waals surface area contributed by atoms with Gasteiger partial charge in [0, 0.05) is 13.1 Å². The molecule has 2 N–H and O–H groups in total. The van der Waals surface area contributed by atoms with Crippen LogP contribution in [0.25, 0.3) is 0 Å². The number of amides is 1. The van der Waals surface area contributed by atoms with Crippen molar-refractivity contribution < 1.29 is 9.90 Å². The summed E-state index contributed by atoms with van der Waals surface area (Å²) in [7, 11) is 0. The van der Waals surface area contributed by atoms with Crippen LogP contribution in [-0.4, -0.2) is 41.7 Å². The number of rotatable bonds is 4. The Bertz CT molecular complexity index is 477. The van der Waals surface area contributed by atoms with Crippen LogP contribution in [-0.2, 0) is 10.3 Å². The zero-order valence-corrected chi connectivity index (χ0v) is 12.4. The number of hydrogen-bond acceptors (Lipinski definition) is 3. The fourth-order valence-corrected chi connectivity index (χ4v) is 3.36. The third-order valence-electron chi connectivity index (χ3n) is 4.84. The lowest BCUT2D eigenvalue weighted by Crippen LogP contribution is -2.53. The second kappa shape index (κ2) is 6.16. The van der Waals surface area contributed by atoms with E-state index in [-0.39, 0.29) is 17.6 Å². The van der Waals surface area contributed by atoms with Crippen LogP contribution < -0.4 is 5.32 Å². The molecule has 1 aromatic rings. The van der Waals surface area contributed by atoms with Gasteiger partial charge in [-0.25, -0.2) is 0 Å². The molecule has 0 bridgehead atoms. The van der Waals surface area contributed by atoms with E-state index in [9.17, 15) is 9.90 Å². The molecule has 1 amide bonds. The van der Waals surface area contributed by atoms with Crippen molar-refractivity contribution in [3.05, 3.63) is 35.9 Å². The first-order chi connectivity index (χ1) is 10.2. The number of likely N-dealkylation sites (tertiary alicyclic amines) is 1. The smallest absolute Gasteiger partial charge is 0.234 e. The maximum atomic E-state index is 12.4. The second-order valence-electron chi connectivity index (χ2n) is 6.36. The van der Waals surface area contributed by atoms with Gasteiger partial charge in [-0.15, -0.1) is 0 Å². The third kappa shape index (κ3) is 3.27. The Morgan fingerprint density at radius 2 is 1.90 bits per heavy atom. The minimum Gasteiger partial charge on any atom is -0.393 e. The number of nitrogens with zero attached hydrogens (tertiary/aromatic N) is 1. The molecule has 0 unspecified atom stereocenters. The second-order valence-corrected chi connectivity index (χ2v) is 6.36. The molecule has 21 heavy (non-hydrogen) atoms. The van der Waals surface area contributed by atoms with E-state index in [0.29, 0.717) is 6.54 Å². The molecular formula is C17H24N2O2. The standard InChI is InChI=1S/C17H24N2O2/c20-15-7-11-19(12-8-15)13-16(21)18-17(9-4-10-17)14-5-2-1-3-6-14/h1-3,5-6,15,20H,4,7-13H2,(H,18,21). The van der Waals surface area contributed by atoms with E-state index in [4.69, 9.17) is 0 Å². The summed E-state index contributed by atoms with van der Waals surface area (Å²) in [6.45, 7) is 2.07. The first kappa shape index (κ1) is 14.5. The van der Waals surface area contributed by atoms with Crippen LogP contribution in [0.2, 0.25) is 0 Å². The monoisotopic (exact) mass is 288 g/mol. The Morgan fingerprint density at radius 1 is 1.24 bits per heavy atom. The number of nitrogens with one attached hydrogen (secondary N) is 1. The van der Waals surface area contributed by atoms with E-state index in [1.165, 1.54) is 12.0 Å². The fourth-order valence-electron chi connectivity index (χ4n) is 3.36. The van der Waals surface area contributed by atoms with E-state index in [0.717, 1.165) is 38.8 Å². The van der Waals surface area contributed by atoms with Crippen LogP contribution in [0, 0.1) is 0 Å². The molecule has 3 rings (SSSR count). The molecule has 1 aliphatic carbocycles. The molecule has 114 valence electrons. The van der Waals surface area contributed by atoms with E-state index in [1.807, 2.05) is 18.2 Å². The largest absolute Gasteiger partial charge is 0.393 e. The number of hydrogen-bond donors (Lipinski definition) is 2. The van der Waals surface area contributed by atoms with Gasteiger partial charge in [-0.3, -0.25) is 9.69 Å². The Hall–Kier alpha value is -1.39. The molecule has 0 radical (unpaired) electrons. The molecular weight excluding hydrogens is 264 g/mol. The highest BCUT2D eigenvalue weighted by atomic mass is 16.3. The first-order valence-corrected chi connectivity index (χ1v) is 7.95. The van der Waals surface area contributed by atoms with Crippen molar-refractivity contribution in [2.45, 2.75) is 43.7 Å².